The van der Waals surface area contributed by atoms with Crippen LogP contribution < -0.4 is 10.6 Å². The van der Waals surface area contributed by atoms with Crippen molar-refractivity contribution in [2.24, 2.45) is 5.73 Å². The smallest absolute Gasteiger partial charge is 0.252 e. The maximum absolute atomic E-state index is 6.00. The minimum absolute atomic E-state index is 0. The van der Waals surface area contributed by atoms with E-state index in [9.17, 15) is 0 Å². The van der Waals surface area contributed by atoms with E-state index in [1.165, 1.54) is 19.3 Å². The normalized spacial score (nSPS) is 16.4. The summed E-state index contributed by atoms with van der Waals surface area (Å²) in [5.41, 5.74) is 6.00. The zero-order valence-corrected chi connectivity index (χ0v) is 12.8. The Kier molecular flexibility index (Phi) is 5.08. The molecule has 0 amide bonds. The second-order valence-corrected chi connectivity index (χ2v) is 5.07. The molecule has 0 spiro atoms. The molecular weight excluding hydrogens is 290 g/mol. The van der Waals surface area contributed by atoms with Crippen molar-refractivity contribution >= 4 is 18.4 Å². The van der Waals surface area contributed by atoms with E-state index >= 15 is 0 Å². The molecule has 1 aliphatic heterocycles. The van der Waals surface area contributed by atoms with Gasteiger partial charge in [-0.3, -0.25) is 0 Å². The van der Waals surface area contributed by atoms with Gasteiger partial charge in [0.1, 0.15) is 0 Å². The van der Waals surface area contributed by atoms with E-state index in [1.807, 2.05) is 6.92 Å². The number of nitrogens with zero attached hydrogens (tertiary/aromatic N) is 6. The summed E-state index contributed by atoms with van der Waals surface area (Å²) in [6.45, 7) is 3.89. The molecule has 0 saturated carbocycles. The Bertz CT molecular complexity index is 563. The standard InChI is InChI=1S/C13H19N7.ClH/c1-10(14)11-17-13(19-8-3-2-4-9-19)18-20(11)12-15-6-5-7-16-12;/h5-7,10H,2-4,8-9,14H2,1H3;1H/t10-;/m0./s1. The van der Waals surface area contributed by atoms with Gasteiger partial charge in [0.25, 0.3) is 5.95 Å². The van der Waals surface area contributed by atoms with Gasteiger partial charge in [0.05, 0.1) is 6.04 Å². The maximum atomic E-state index is 6.00. The molecule has 0 radical (unpaired) electrons. The third-order valence-electron chi connectivity index (χ3n) is 3.41. The van der Waals surface area contributed by atoms with Crippen LogP contribution in [-0.4, -0.2) is 37.8 Å². The summed E-state index contributed by atoms with van der Waals surface area (Å²) in [6.07, 6.45) is 7.03. The fourth-order valence-corrected chi connectivity index (χ4v) is 2.38. The number of hydrogen-bond acceptors (Lipinski definition) is 6. The monoisotopic (exact) mass is 309 g/mol. The predicted octanol–water partition coefficient (Wildman–Crippen LogP) is 1.49. The second-order valence-electron chi connectivity index (χ2n) is 5.07. The van der Waals surface area contributed by atoms with Crippen molar-refractivity contribution in [3.05, 3.63) is 24.3 Å². The van der Waals surface area contributed by atoms with Gasteiger partial charge >= 0.3 is 0 Å². The van der Waals surface area contributed by atoms with Crippen molar-refractivity contribution in [1.82, 2.24) is 24.7 Å². The van der Waals surface area contributed by atoms with Crippen LogP contribution in [0.4, 0.5) is 5.95 Å². The van der Waals surface area contributed by atoms with Crippen molar-refractivity contribution in [3.63, 3.8) is 0 Å². The summed E-state index contributed by atoms with van der Waals surface area (Å²) in [5.74, 6) is 1.93. The maximum Gasteiger partial charge on any atom is 0.252 e. The first-order valence-corrected chi connectivity index (χ1v) is 7.00. The minimum atomic E-state index is -0.218. The molecule has 114 valence electrons. The van der Waals surface area contributed by atoms with Gasteiger partial charge in [-0.2, -0.15) is 9.67 Å². The molecule has 0 aromatic carbocycles. The highest BCUT2D eigenvalue weighted by Crippen LogP contribution is 2.19. The first kappa shape index (κ1) is 15.7. The third-order valence-corrected chi connectivity index (χ3v) is 3.41. The molecule has 1 aliphatic rings. The topological polar surface area (TPSA) is 85.8 Å². The van der Waals surface area contributed by atoms with E-state index in [-0.39, 0.29) is 18.4 Å². The minimum Gasteiger partial charge on any atom is -0.340 e. The summed E-state index contributed by atoms with van der Waals surface area (Å²) in [6, 6.07) is 1.56. The Hall–Kier alpha value is -1.73. The van der Waals surface area contributed by atoms with Crippen LogP contribution in [0.3, 0.4) is 0 Å². The SMILES string of the molecule is C[C@H](N)c1nc(N2CCCCC2)nn1-c1ncccn1.Cl. The largest absolute Gasteiger partial charge is 0.340 e. The van der Waals surface area contributed by atoms with E-state index < -0.39 is 0 Å². The van der Waals surface area contributed by atoms with Crippen LogP contribution in [0.2, 0.25) is 0 Å². The van der Waals surface area contributed by atoms with Crippen molar-refractivity contribution < 1.29 is 0 Å². The number of rotatable bonds is 3. The van der Waals surface area contributed by atoms with E-state index in [0.717, 1.165) is 19.0 Å². The molecule has 0 aliphatic carbocycles. The highest BCUT2D eigenvalue weighted by molar-refractivity contribution is 5.85. The lowest BCUT2D eigenvalue weighted by Gasteiger charge is -2.24. The first-order chi connectivity index (χ1) is 9.75. The van der Waals surface area contributed by atoms with E-state index in [2.05, 4.69) is 25.0 Å². The average Bonchev–Trinajstić information content (AvgIpc) is 2.94. The van der Waals surface area contributed by atoms with E-state index in [4.69, 9.17) is 5.73 Å². The van der Waals surface area contributed by atoms with Crippen molar-refractivity contribution in [2.75, 3.05) is 18.0 Å². The summed E-state index contributed by atoms with van der Waals surface area (Å²) in [4.78, 5) is 15.2. The van der Waals surface area contributed by atoms with E-state index in [1.54, 1.807) is 23.1 Å². The lowest BCUT2D eigenvalue weighted by molar-refractivity contribution is 0.567. The molecule has 3 rings (SSSR count). The number of piperidine rings is 1. The van der Waals surface area contributed by atoms with Crippen LogP contribution >= 0.6 is 12.4 Å². The van der Waals surface area contributed by atoms with Crippen molar-refractivity contribution in [2.45, 2.75) is 32.2 Å². The van der Waals surface area contributed by atoms with Gasteiger partial charge in [0, 0.05) is 25.5 Å². The molecule has 8 heteroatoms. The fraction of sp³-hybridized carbons (Fsp3) is 0.538. The molecule has 2 aromatic rings. The Morgan fingerprint density at radius 3 is 2.38 bits per heavy atom. The quantitative estimate of drug-likeness (QED) is 0.924. The Morgan fingerprint density at radius 1 is 1.10 bits per heavy atom. The molecular formula is C13H20ClN7. The average molecular weight is 310 g/mol. The molecule has 1 fully saturated rings. The highest BCUT2D eigenvalue weighted by atomic mass is 35.5. The van der Waals surface area contributed by atoms with Crippen LogP contribution in [0, 0.1) is 0 Å². The van der Waals surface area contributed by atoms with Gasteiger partial charge in [-0.05, 0) is 32.3 Å². The molecule has 7 nitrogen and oxygen atoms in total. The molecule has 1 saturated heterocycles. The summed E-state index contributed by atoms with van der Waals surface area (Å²) < 4.78 is 1.65. The zero-order valence-electron chi connectivity index (χ0n) is 12.0. The molecule has 2 N–H and O–H groups in total. The lowest BCUT2D eigenvalue weighted by atomic mass is 10.1. The molecule has 2 aromatic heterocycles. The van der Waals surface area contributed by atoms with Crippen LogP contribution in [0.5, 0.6) is 0 Å². The van der Waals surface area contributed by atoms with Gasteiger partial charge in [0.2, 0.25) is 5.95 Å². The van der Waals surface area contributed by atoms with Crippen LogP contribution in [0.25, 0.3) is 5.95 Å². The number of halogens is 1. The van der Waals surface area contributed by atoms with Crippen LogP contribution in [-0.2, 0) is 0 Å². The fourth-order valence-electron chi connectivity index (χ4n) is 2.38. The lowest BCUT2D eigenvalue weighted by Crippen LogP contribution is -2.30. The Labute approximate surface area is 130 Å². The summed E-state index contributed by atoms with van der Waals surface area (Å²) in [7, 11) is 0. The van der Waals surface area contributed by atoms with Crippen LogP contribution in [0.1, 0.15) is 38.1 Å². The van der Waals surface area contributed by atoms with Gasteiger partial charge < -0.3 is 10.6 Å². The number of aromatic nitrogens is 5. The highest BCUT2D eigenvalue weighted by Gasteiger charge is 2.21. The second kappa shape index (κ2) is 6.82. The van der Waals surface area contributed by atoms with Crippen LogP contribution in [0.15, 0.2) is 18.5 Å². The zero-order chi connectivity index (χ0) is 13.9. The molecule has 0 unspecified atom stereocenters. The molecule has 3 heterocycles. The Morgan fingerprint density at radius 2 is 1.76 bits per heavy atom. The first-order valence-electron chi connectivity index (χ1n) is 7.00. The van der Waals surface area contributed by atoms with Gasteiger partial charge in [-0.25, -0.2) is 9.97 Å². The number of nitrogens with two attached hydrogens (primary N) is 1. The molecule has 1 atom stereocenters. The van der Waals surface area contributed by atoms with Crippen molar-refractivity contribution in [1.29, 1.82) is 0 Å². The molecule has 0 bridgehead atoms. The van der Waals surface area contributed by atoms with Gasteiger partial charge in [0.15, 0.2) is 5.82 Å². The van der Waals surface area contributed by atoms with Gasteiger partial charge in [-0.1, -0.05) is 0 Å². The molecule has 21 heavy (non-hydrogen) atoms. The van der Waals surface area contributed by atoms with Crippen molar-refractivity contribution in [3.8, 4) is 5.95 Å². The number of hydrogen-bond donors (Lipinski definition) is 1. The Balaban J connectivity index is 0.00000161. The van der Waals surface area contributed by atoms with Gasteiger partial charge in [-0.15, -0.1) is 17.5 Å². The third kappa shape index (κ3) is 3.30. The van der Waals surface area contributed by atoms with E-state index in [0.29, 0.717) is 11.8 Å². The number of anilines is 1. The predicted molar refractivity (Wildman–Crippen MR) is 82.9 cm³/mol. The summed E-state index contributed by atoms with van der Waals surface area (Å²) in [5, 5.41) is 4.55. The summed E-state index contributed by atoms with van der Waals surface area (Å²) >= 11 is 0.